The molecule has 1 heterocycles. The number of furan rings is 1. The fourth-order valence-electron chi connectivity index (χ4n) is 8.84. The van der Waals surface area contributed by atoms with Crippen molar-refractivity contribution in [2.24, 2.45) is 0 Å². The minimum absolute atomic E-state index is 0.788. The largest absolute Gasteiger partial charge is 0.454 e. The van der Waals surface area contributed by atoms with Gasteiger partial charge >= 0.3 is 0 Å². The molecule has 0 fully saturated rings. The minimum atomic E-state index is 0.788. The minimum Gasteiger partial charge on any atom is -0.454 e. The molecule has 0 spiro atoms. The van der Waals surface area contributed by atoms with Crippen LogP contribution in [0.15, 0.2) is 265 Å². The van der Waals surface area contributed by atoms with E-state index in [9.17, 15) is 0 Å². The fourth-order valence-corrected chi connectivity index (χ4v) is 8.84. The lowest BCUT2D eigenvalue weighted by atomic mass is 10.0. The molecule has 0 amide bonds. The first-order valence-electron chi connectivity index (χ1n) is 21.7. The van der Waals surface area contributed by atoms with Crippen LogP contribution in [0.4, 0.5) is 51.2 Å². The number of benzene rings is 10. The standard InChI is InChI=1S/C60H43N3O/c1-7-20-44(21-8-1)46-34-38-52(39-35-46)61(48-24-11-3-12-25-48)54-42-55-59-56(62(49-26-13-4-14-27-49)50-28-15-5-16-29-50)32-19-33-58(59)64-60(55)57(43-54)63(51-30-17-6-18-31-51)53-40-36-47(37-41-53)45-22-9-2-10-23-45/h1-43H. The predicted octanol–water partition coefficient (Wildman–Crippen LogP) is 17.3. The van der Waals surface area contributed by atoms with Gasteiger partial charge in [0.2, 0.25) is 0 Å². The second kappa shape index (κ2) is 17.0. The summed E-state index contributed by atoms with van der Waals surface area (Å²) in [5.74, 6) is 0. The van der Waals surface area contributed by atoms with Gasteiger partial charge in [-0.1, -0.05) is 164 Å². The average molecular weight is 822 g/mol. The van der Waals surface area contributed by atoms with E-state index in [1.165, 1.54) is 11.1 Å². The molecule has 11 aromatic rings. The van der Waals surface area contributed by atoms with E-state index in [-0.39, 0.29) is 0 Å². The highest BCUT2D eigenvalue weighted by Crippen LogP contribution is 2.50. The Morgan fingerprint density at radius 1 is 0.250 bits per heavy atom. The van der Waals surface area contributed by atoms with Crippen LogP contribution in [-0.2, 0) is 0 Å². The third-order valence-electron chi connectivity index (χ3n) is 11.8. The Balaban J connectivity index is 1.20. The molecule has 0 aliphatic rings. The number of rotatable bonds is 11. The van der Waals surface area contributed by atoms with E-state index in [2.05, 4.69) is 276 Å². The van der Waals surface area contributed by atoms with E-state index in [0.717, 1.165) is 84.3 Å². The summed E-state index contributed by atoms with van der Waals surface area (Å²) in [7, 11) is 0. The molecule has 0 unspecified atom stereocenters. The van der Waals surface area contributed by atoms with Crippen LogP contribution in [-0.4, -0.2) is 0 Å². The topological polar surface area (TPSA) is 22.9 Å². The lowest BCUT2D eigenvalue weighted by Gasteiger charge is -2.30. The van der Waals surface area contributed by atoms with Gasteiger partial charge in [0.05, 0.1) is 16.8 Å². The van der Waals surface area contributed by atoms with E-state index in [1.54, 1.807) is 0 Å². The van der Waals surface area contributed by atoms with Gasteiger partial charge in [0.15, 0.2) is 5.58 Å². The van der Waals surface area contributed by atoms with Crippen molar-refractivity contribution in [2.45, 2.75) is 0 Å². The second-order valence-corrected chi connectivity index (χ2v) is 15.8. The highest BCUT2D eigenvalue weighted by Gasteiger charge is 2.26. The van der Waals surface area contributed by atoms with Crippen LogP contribution in [0, 0.1) is 0 Å². The summed E-state index contributed by atoms with van der Waals surface area (Å²) in [5.41, 5.74) is 15.4. The zero-order valence-electron chi connectivity index (χ0n) is 35.1. The number of anilines is 9. The van der Waals surface area contributed by atoms with Crippen LogP contribution in [0.3, 0.4) is 0 Å². The molecular formula is C60H43N3O. The van der Waals surface area contributed by atoms with Crippen LogP contribution >= 0.6 is 0 Å². The van der Waals surface area contributed by atoms with Gasteiger partial charge in [0, 0.05) is 45.2 Å². The number of hydrogen-bond donors (Lipinski definition) is 0. The molecule has 0 N–H and O–H groups in total. The van der Waals surface area contributed by atoms with Gasteiger partial charge in [-0.3, -0.25) is 0 Å². The van der Waals surface area contributed by atoms with Crippen molar-refractivity contribution in [3.05, 3.63) is 261 Å². The highest BCUT2D eigenvalue weighted by atomic mass is 16.3. The van der Waals surface area contributed by atoms with Crippen molar-refractivity contribution in [1.29, 1.82) is 0 Å². The summed E-state index contributed by atoms with van der Waals surface area (Å²) in [6.45, 7) is 0. The van der Waals surface area contributed by atoms with Crippen molar-refractivity contribution in [2.75, 3.05) is 14.7 Å². The Kier molecular flexibility index (Phi) is 10.2. The molecule has 4 nitrogen and oxygen atoms in total. The van der Waals surface area contributed by atoms with E-state index in [4.69, 9.17) is 4.42 Å². The van der Waals surface area contributed by atoms with Crippen LogP contribution in [0.5, 0.6) is 0 Å². The van der Waals surface area contributed by atoms with E-state index >= 15 is 0 Å². The zero-order valence-corrected chi connectivity index (χ0v) is 35.1. The SMILES string of the molecule is c1ccc(-c2ccc(N(c3ccccc3)c3cc(N(c4ccccc4)c4ccc(-c5ccccc5)cc4)c4oc5cccc(N(c6ccccc6)c6ccccc6)c5c4c3)cc2)cc1. The molecule has 304 valence electrons. The van der Waals surface area contributed by atoms with E-state index in [0.29, 0.717) is 0 Å². The summed E-state index contributed by atoms with van der Waals surface area (Å²) in [6.07, 6.45) is 0. The third kappa shape index (κ3) is 7.33. The average Bonchev–Trinajstić information content (AvgIpc) is 3.76. The molecule has 0 saturated heterocycles. The summed E-state index contributed by atoms with van der Waals surface area (Å²) in [6, 6.07) is 92.2. The van der Waals surface area contributed by atoms with Crippen molar-refractivity contribution in [3.63, 3.8) is 0 Å². The zero-order chi connectivity index (χ0) is 42.7. The normalized spacial score (nSPS) is 11.1. The Hall–Kier alpha value is -8.60. The van der Waals surface area contributed by atoms with E-state index in [1.807, 2.05) is 0 Å². The first-order chi connectivity index (χ1) is 31.8. The Morgan fingerprint density at radius 3 is 1.06 bits per heavy atom. The predicted molar refractivity (Wildman–Crippen MR) is 269 cm³/mol. The maximum atomic E-state index is 7.19. The number of para-hydroxylation sites is 4. The molecule has 0 atom stereocenters. The molecule has 1 aromatic heterocycles. The highest BCUT2D eigenvalue weighted by molar-refractivity contribution is 6.18. The molecule has 64 heavy (non-hydrogen) atoms. The number of hydrogen-bond acceptors (Lipinski definition) is 4. The van der Waals surface area contributed by atoms with Gasteiger partial charge in [-0.05, 0) is 119 Å². The molecule has 0 saturated carbocycles. The molecule has 0 bridgehead atoms. The van der Waals surface area contributed by atoms with Gasteiger partial charge < -0.3 is 19.1 Å². The summed E-state index contributed by atoms with van der Waals surface area (Å²) in [4.78, 5) is 7.02. The Morgan fingerprint density at radius 2 is 0.609 bits per heavy atom. The molecule has 0 aliphatic heterocycles. The Bertz CT molecular complexity index is 3250. The fraction of sp³-hybridized carbons (Fsp3) is 0. The van der Waals surface area contributed by atoms with Gasteiger partial charge in [-0.25, -0.2) is 0 Å². The number of nitrogens with zero attached hydrogens (tertiary/aromatic N) is 3. The van der Waals surface area contributed by atoms with Gasteiger partial charge in [-0.2, -0.15) is 0 Å². The smallest absolute Gasteiger partial charge is 0.159 e. The summed E-state index contributed by atoms with van der Waals surface area (Å²) in [5, 5.41) is 2.02. The van der Waals surface area contributed by atoms with Crippen molar-refractivity contribution >= 4 is 73.1 Å². The first-order valence-corrected chi connectivity index (χ1v) is 21.7. The van der Waals surface area contributed by atoms with Crippen LogP contribution < -0.4 is 14.7 Å². The van der Waals surface area contributed by atoms with Crippen molar-refractivity contribution in [1.82, 2.24) is 0 Å². The van der Waals surface area contributed by atoms with Crippen LogP contribution in [0.2, 0.25) is 0 Å². The van der Waals surface area contributed by atoms with Crippen LogP contribution in [0.25, 0.3) is 44.2 Å². The molecule has 4 heteroatoms. The van der Waals surface area contributed by atoms with E-state index < -0.39 is 0 Å². The molecular weight excluding hydrogens is 779 g/mol. The maximum absolute atomic E-state index is 7.19. The van der Waals surface area contributed by atoms with Gasteiger partial charge in [0.25, 0.3) is 0 Å². The second-order valence-electron chi connectivity index (χ2n) is 15.8. The molecule has 11 rings (SSSR count). The third-order valence-corrected chi connectivity index (χ3v) is 11.8. The van der Waals surface area contributed by atoms with Crippen molar-refractivity contribution in [3.8, 4) is 22.3 Å². The van der Waals surface area contributed by atoms with Gasteiger partial charge in [-0.15, -0.1) is 0 Å². The molecule has 0 aliphatic carbocycles. The Labute approximate surface area is 373 Å². The lowest BCUT2D eigenvalue weighted by molar-refractivity contribution is 0.669. The molecule has 0 radical (unpaired) electrons. The number of fused-ring (bicyclic) bond motifs is 3. The molecule has 10 aromatic carbocycles. The monoisotopic (exact) mass is 821 g/mol. The maximum Gasteiger partial charge on any atom is 0.159 e. The van der Waals surface area contributed by atoms with Crippen molar-refractivity contribution < 1.29 is 4.42 Å². The summed E-state index contributed by atoms with van der Waals surface area (Å²) < 4.78 is 7.19. The van der Waals surface area contributed by atoms with Crippen LogP contribution in [0.1, 0.15) is 0 Å². The quantitative estimate of drug-likeness (QED) is 0.130. The van der Waals surface area contributed by atoms with Gasteiger partial charge in [0.1, 0.15) is 5.58 Å². The summed E-state index contributed by atoms with van der Waals surface area (Å²) >= 11 is 0. The lowest BCUT2D eigenvalue weighted by Crippen LogP contribution is -2.13. The first kappa shape index (κ1) is 38.3.